The first-order valence-corrected chi connectivity index (χ1v) is 7.12. The fraction of sp³-hybridized carbons (Fsp3) is 0.167. The number of hydrogen-bond donors (Lipinski definition) is 0. The zero-order chi connectivity index (χ0) is 13.3. The van der Waals surface area contributed by atoms with Gasteiger partial charge in [-0.05, 0) is 5.56 Å². The maximum Gasteiger partial charge on any atom is 0.261 e. The van der Waals surface area contributed by atoms with E-state index in [4.69, 9.17) is 0 Å². The first kappa shape index (κ1) is 12.5. The zero-order valence-electron chi connectivity index (χ0n) is 9.99. The quantitative estimate of drug-likeness (QED) is 0.754. The van der Waals surface area contributed by atoms with Crippen LogP contribution in [0.15, 0.2) is 46.5 Å². The summed E-state index contributed by atoms with van der Waals surface area (Å²) < 4.78 is 23.9. The van der Waals surface area contributed by atoms with E-state index in [0.29, 0.717) is 11.1 Å². The lowest BCUT2D eigenvalue weighted by Crippen LogP contribution is -2.25. The Morgan fingerprint density at radius 1 is 1.17 bits per heavy atom. The second kappa shape index (κ2) is 4.38. The molecule has 0 radical (unpaired) electrons. The summed E-state index contributed by atoms with van der Waals surface area (Å²) in [5.74, 6) is 0. The van der Waals surface area contributed by atoms with Crippen LogP contribution in [-0.4, -0.2) is 24.2 Å². The van der Waals surface area contributed by atoms with E-state index in [1.54, 1.807) is 24.3 Å². The van der Waals surface area contributed by atoms with E-state index in [1.165, 1.54) is 13.2 Å². The predicted molar refractivity (Wildman–Crippen MR) is 68.0 cm³/mol. The van der Waals surface area contributed by atoms with E-state index < -0.39 is 9.84 Å². The third-order valence-corrected chi connectivity index (χ3v) is 3.59. The largest absolute Gasteiger partial charge is 0.286 e. The molecule has 94 valence electrons. The van der Waals surface area contributed by atoms with Crippen LogP contribution in [0.4, 0.5) is 0 Å². The van der Waals surface area contributed by atoms with Crippen LogP contribution in [0.5, 0.6) is 0 Å². The van der Waals surface area contributed by atoms with E-state index in [-0.39, 0.29) is 10.7 Å². The summed E-state index contributed by atoms with van der Waals surface area (Å²) in [6.07, 6.45) is 2.32. The van der Waals surface area contributed by atoms with Gasteiger partial charge in [0, 0.05) is 19.5 Å². The second-order valence-electron chi connectivity index (χ2n) is 3.96. The number of aromatic nitrogens is 2. The molecule has 0 unspecified atom stereocenters. The van der Waals surface area contributed by atoms with Gasteiger partial charge in [0.25, 0.3) is 5.56 Å². The van der Waals surface area contributed by atoms with E-state index >= 15 is 0 Å². The fourth-order valence-corrected chi connectivity index (χ4v) is 2.51. The molecule has 0 amide bonds. The van der Waals surface area contributed by atoms with E-state index in [0.717, 1.165) is 10.8 Å². The Morgan fingerprint density at radius 3 is 2.33 bits per heavy atom. The van der Waals surface area contributed by atoms with Crippen LogP contribution in [0.3, 0.4) is 0 Å². The van der Waals surface area contributed by atoms with Crippen LogP contribution in [-0.2, 0) is 16.9 Å². The molecule has 0 bridgehead atoms. The lowest BCUT2D eigenvalue weighted by molar-refractivity contribution is 0.576. The summed E-state index contributed by atoms with van der Waals surface area (Å²) in [5, 5.41) is -0.229. The van der Waals surface area contributed by atoms with Crippen molar-refractivity contribution >= 4 is 9.84 Å². The Labute approximate surface area is 105 Å². The minimum Gasteiger partial charge on any atom is -0.286 e. The molecule has 1 heterocycles. The van der Waals surface area contributed by atoms with Crippen LogP contribution in [0.1, 0.15) is 0 Å². The van der Waals surface area contributed by atoms with Crippen molar-refractivity contribution in [1.29, 1.82) is 0 Å². The van der Waals surface area contributed by atoms with Gasteiger partial charge in [-0.2, -0.15) is 0 Å². The normalized spacial score (nSPS) is 11.4. The van der Waals surface area contributed by atoms with Gasteiger partial charge in [0.05, 0.1) is 5.56 Å². The van der Waals surface area contributed by atoms with Gasteiger partial charge in [0.1, 0.15) is 0 Å². The molecule has 0 atom stereocenters. The summed E-state index contributed by atoms with van der Waals surface area (Å²) >= 11 is 0. The third kappa shape index (κ3) is 2.19. The summed E-state index contributed by atoms with van der Waals surface area (Å²) in [6.45, 7) is 0. The lowest BCUT2D eigenvalue weighted by atomic mass is 10.1. The molecular weight excluding hydrogens is 252 g/mol. The van der Waals surface area contributed by atoms with Crippen molar-refractivity contribution in [2.45, 2.75) is 5.16 Å². The number of nitrogens with zero attached hydrogens (tertiary/aromatic N) is 2. The van der Waals surface area contributed by atoms with Crippen molar-refractivity contribution in [2.75, 3.05) is 6.26 Å². The van der Waals surface area contributed by atoms with Crippen LogP contribution >= 0.6 is 0 Å². The maximum absolute atomic E-state index is 12.1. The van der Waals surface area contributed by atoms with E-state index in [1.807, 2.05) is 6.07 Å². The smallest absolute Gasteiger partial charge is 0.261 e. The minimum absolute atomic E-state index is 0.229. The van der Waals surface area contributed by atoms with Crippen molar-refractivity contribution in [3.8, 4) is 11.1 Å². The molecule has 1 aromatic carbocycles. The standard InChI is InChI=1S/C12H12N2O3S/c1-14-11(15)10(9-6-4-3-5-7-9)8-13-12(14)18(2,16)17/h3-8H,1-2H3. The Kier molecular flexibility index (Phi) is 3.04. The van der Waals surface area contributed by atoms with E-state index in [9.17, 15) is 13.2 Å². The highest BCUT2D eigenvalue weighted by atomic mass is 32.2. The molecule has 0 aliphatic heterocycles. The fourth-order valence-electron chi connectivity index (χ4n) is 1.69. The first-order chi connectivity index (χ1) is 8.41. The highest BCUT2D eigenvalue weighted by Crippen LogP contribution is 2.14. The lowest BCUT2D eigenvalue weighted by Gasteiger charge is -2.07. The molecule has 2 rings (SSSR count). The molecule has 2 aromatic rings. The molecule has 0 fully saturated rings. The van der Waals surface area contributed by atoms with Gasteiger partial charge in [-0.25, -0.2) is 13.4 Å². The first-order valence-electron chi connectivity index (χ1n) is 5.23. The van der Waals surface area contributed by atoms with Crippen LogP contribution < -0.4 is 5.56 Å². The summed E-state index contributed by atoms with van der Waals surface area (Å²) in [6, 6.07) is 9.00. The van der Waals surface area contributed by atoms with Crippen molar-refractivity contribution in [3.05, 3.63) is 46.9 Å². The third-order valence-electron chi connectivity index (χ3n) is 2.54. The summed E-state index contributed by atoms with van der Waals surface area (Å²) in [7, 11) is -2.10. The van der Waals surface area contributed by atoms with Crippen molar-refractivity contribution in [1.82, 2.24) is 9.55 Å². The summed E-state index contributed by atoms with van der Waals surface area (Å²) in [5.41, 5.74) is 0.716. The molecule has 0 saturated heterocycles. The van der Waals surface area contributed by atoms with Crippen molar-refractivity contribution in [3.63, 3.8) is 0 Å². The predicted octanol–water partition coefficient (Wildman–Crippen LogP) is 0.851. The van der Waals surface area contributed by atoms with Crippen LogP contribution in [0.25, 0.3) is 11.1 Å². The minimum atomic E-state index is -3.50. The van der Waals surface area contributed by atoms with E-state index in [2.05, 4.69) is 4.98 Å². The highest BCUT2D eigenvalue weighted by molar-refractivity contribution is 7.90. The molecule has 5 nitrogen and oxygen atoms in total. The number of benzene rings is 1. The molecule has 0 N–H and O–H groups in total. The maximum atomic E-state index is 12.1. The molecule has 1 aromatic heterocycles. The topological polar surface area (TPSA) is 69.0 Å². The molecule has 0 spiro atoms. The average Bonchev–Trinajstić information content (AvgIpc) is 2.32. The molecule has 6 heteroatoms. The highest BCUT2D eigenvalue weighted by Gasteiger charge is 2.16. The number of rotatable bonds is 2. The Morgan fingerprint density at radius 2 is 1.78 bits per heavy atom. The van der Waals surface area contributed by atoms with Gasteiger partial charge in [0.15, 0.2) is 0 Å². The van der Waals surface area contributed by atoms with Gasteiger partial charge < -0.3 is 0 Å². The SMILES string of the molecule is Cn1c(S(C)(=O)=O)ncc(-c2ccccc2)c1=O. The Bertz CT molecular complexity index is 734. The van der Waals surface area contributed by atoms with Gasteiger partial charge in [-0.15, -0.1) is 0 Å². The Balaban J connectivity index is 2.70. The summed E-state index contributed by atoms with van der Waals surface area (Å²) in [4.78, 5) is 16.0. The number of sulfone groups is 1. The van der Waals surface area contributed by atoms with Gasteiger partial charge in [-0.1, -0.05) is 30.3 Å². The van der Waals surface area contributed by atoms with Crippen LogP contribution in [0.2, 0.25) is 0 Å². The molecule has 0 saturated carbocycles. The molecular formula is C12H12N2O3S. The molecule has 0 aliphatic carbocycles. The second-order valence-corrected chi connectivity index (χ2v) is 5.87. The van der Waals surface area contributed by atoms with Gasteiger partial charge >= 0.3 is 0 Å². The van der Waals surface area contributed by atoms with Crippen LogP contribution in [0, 0.1) is 0 Å². The van der Waals surface area contributed by atoms with Gasteiger partial charge in [0.2, 0.25) is 15.0 Å². The zero-order valence-corrected chi connectivity index (χ0v) is 10.8. The number of hydrogen-bond acceptors (Lipinski definition) is 4. The molecule has 0 aliphatic rings. The van der Waals surface area contributed by atoms with Crippen molar-refractivity contribution in [2.24, 2.45) is 7.05 Å². The van der Waals surface area contributed by atoms with Crippen molar-refractivity contribution < 1.29 is 8.42 Å². The monoisotopic (exact) mass is 264 g/mol. The Hall–Kier alpha value is -1.95. The average molecular weight is 264 g/mol. The molecule has 18 heavy (non-hydrogen) atoms. The van der Waals surface area contributed by atoms with Gasteiger partial charge in [-0.3, -0.25) is 9.36 Å².